The molecule has 0 aromatic heterocycles. The van der Waals surface area contributed by atoms with Crippen molar-refractivity contribution in [3.8, 4) is 5.75 Å². The zero-order valence-electron chi connectivity index (χ0n) is 14.5. The Bertz CT molecular complexity index is 745. The smallest absolute Gasteiger partial charge is 0.159 e. The lowest BCUT2D eigenvalue weighted by Gasteiger charge is -2.32. The van der Waals surface area contributed by atoms with Gasteiger partial charge in [-0.25, -0.2) is 4.39 Å². The van der Waals surface area contributed by atoms with Crippen molar-refractivity contribution in [1.29, 1.82) is 0 Å². The Morgan fingerprint density at radius 1 is 1.15 bits per heavy atom. The monoisotopic (exact) mass is 476 g/mol. The third-order valence-corrected chi connectivity index (χ3v) is 5.48. The van der Waals surface area contributed by atoms with Crippen LogP contribution in [0.2, 0.25) is 10.0 Å². The summed E-state index contributed by atoms with van der Waals surface area (Å²) < 4.78 is 30.8. The van der Waals surface area contributed by atoms with Gasteiger partial charge in [-0.1, -0.05) is 45.2 Å². The highest BCUT2D eigenvalue weighted by molar-refractivity contribution is 9.09. The van der Waals surface area contributed by atoms with Gasteiger partial charge in [0, 0.05) is 20.9 Å². The molecule has 3 rings (SSSR count). The predicted molar refractivity (Wildman–Crippen MR) is 108 cm³/mol. The molecule has 146 valence electrons. The van der Waals surface area contributed by atoms with Crippen molar-refractivity contribution in [3.63, 3.8) is 0 Å². The molecule has 3 nitrogen and oxygen atoms in total. The van der Waals surface area contributed by atoms with Crippen LogP contribution >= 0.6 is 39.1 Å². The van der Waals surface area contributed by atoms with Crippen LogP contribution in [-0.4, -0.2) is 24.3 Å². The molecule has 0 radical (unpaired) electrons. The molecule has 1 aliphatic heterocycles. The molecule has 0 N–H and O–H groups in total. The lowest BCUT2D eigenvalue weighted by atomic mass is 10.1. The summed E-state index contributed by atoms with van der Waals surface area (Å²) in [5.41, 5.74) is 0.867. The van der Waals surface area contributed by atoms with E-state index >= 15 is 0 Å². The van der Waals surface area contributed by atoms with Gasteiger partial charge in [0.05, 0.1) is 12.2 Å². The van der Waals surface area contributed by atoms with Crippen LogP contribution in [0.15, 0.2) is 42.5 Å². The van der Waals surface area contributed by atoms with E-state index in [1.807, 2.05) is 6.07 Å². The predicted octanol–water partition coefficient (Wildman–Crippen LogP) is 6.56. The van der Waals surface area contributed by atoms with Crippen LogP contribution in [-0.2, 0) is 9.47 Å². The standard InChI is InChI=1S/C20H20BrCl2FO3/c21-11-19(17-9-4-13(22)10-18(17)23)27-20-3-1-2-16(26-20)12-25-15-7-5-14(24)6-8-15/h4-10,16,19-20H,1-3,11-12H2. The molecule has 7 heteroatoms. The minimum Gasteiger partial charge on any atom is -0.491 e. The van der Waals surface area contributed by atoms with Crippen LogP contribution in [0.4, 0.5) is 4.39 Å². The van der Waals surface area contributed by atoms with Crippen molar-refractivity contribution in [1.82, 2.24) is 0 Å². The van der Waals surface area contributed by atoms with Crippen LogP contribution in [0.5, 0.6) is 5.75 Å². The van der Waals surface area contributed by atoms with Crippen molar-refractivity contribution < 1.29 is 18.6 Å². The van der Waals surface area contributed by atoms with Crippen molar-refractivity contribution in [3.05, 3.63) is 63.9 Å². The SMILES string of the molecule is Fc1ccc(OCC2CCCC(OC(CBr)c3ccc(Cl)cc3Cl)O2)cc1. The largest absolute Gasteiger partial charge is 0.491 e. The molecular formula is C20H20BrCl2FO3. The average molecular weight is 478 g/mol. The summed E-state index contributed by atoms with van der Waals surface area (Å²) in [6.45, 7) is 0.395. The van der Waals surface area contributed by atoms with Crippen LogP contribution in [0, 0.1) is 5.82 Å². The van der Waals surface area contributed by atoms with E-state index in [0.29, 0.717) is 27.7 Å². The van der Waals surface area contributed by atoms with Crippen molar-refractivity contribution in [2.45, 2.75) is 37.8 Å². The minimum absolute atomic E-state index is 0.0783. The maximum Gasteiger partial charge on any atom is 0.159 e. The maximum absolute atomic E-state index is 13.0. The second kappa shape index (κ2) is 10.1. The van der Waals surface area contributed by atoms with Gasteiger partial charge >= 0.3 is 0 Å². The molecule has 0 amide bonds. The third-order valence-electron chi connectivity index (χ3n) is 4.33. The summed E-state index contributed by atoms with van der Waals surface area (Å²) in [5.74, 6) is 0.334. The first-order valence-corrected chi connectivity index (χ1v) is 10.6. The molecule has 0 saturated carbocycles. The Kier molecular flexibility index (Phi) is 7.79. The Hall–Kier alpha value is -0.850. The zero-order chi connectivity index (χ0) is 19.2. The number of benzene rings is 2. The molecule has 1 heterocycles. The summed E-state index contributed by atoms with van der Waals surface area (Å²) in [4.78, 5) is 0. The van der Waals surface area contributed by atoms with Gasteiger partial charge in [0.1, 0.15) is 18.2 Å². The fraction of sp³-hybridized carbons (Fsp3) is 0.400. The molecule has 3 atom stereocenters. The summed E-state index contributed by atoms with van der Waals surface area (Å²) >= 11 is 15.8. The molecule has 3 unspecified atom stereocenters. The van der Waals surface area contributed by atoms with Gasteiger partial charge in [-0.15, -0.1) is 0 Å². The van der Waals surface area contributed by atoms with Gasteiger partial charge in [-0.05, 0) is 55.7 Å². The highest BCUT2D eigenvalue weighted by atomic mass is 79.9. The first-order valence-electron chi connectivity index (χ1n) is 8.75. The number of hydrogen-bond donors (Lipinski definition) is 0. The molecule has 1 saturated heterocycles. The van der Waals surface area contributed by atoms with Gasteiger partial charge in [0.2, 0.25) is 0 Å². The number of rotatable bonds is 7. The fourth-order valence-corrected chi connectivity index (χ4v) is 3.98. The maximum atomic E-state index is 13.0. The summed E-state index contributed by atoms with van der Waals surface area (Å²) in [6, 6.07) is 11.3. The number of halogens is 4. The van der Waals surface area contributed by atoms with Crippen LogP contribution in [0.3, 0.4) is 0 Å². The Labute approximate surface area is 176 Å². The van der Waals surface area contributed by atoms with E-state index in [0.717, 1.165) is 24.8 Å². The molecule has 2 aromatic rings. The number of hydrogen-bond acceptors (Lipinski definition) is 3. The fourth-order valence-electron chi connectivity index (χ4n) is 2.94. The quantitative estimate of drug-likeness (QED) is 0.422. The minimum atomic E-state index is -0.338. The highest BCUT2D eigenvalue weighted by Crippen LogP contribution is 2.33. The van der Waals surface area contributed by atoms with Gasteiger partial charge < -0.3 is 14.2 Å². The lowest BCUT2D eigenvalue weighted by molar-refractivity contribution is -0.217. The normalized spacial score (nSPS) is 21.0. The Morgan fingerprint density at radius 2 is 1.93 bits per heavy atom. The Balaban J connectivity index is 1.55. The van der Waals surface area contributed by atoms with Crippen LogP contribution < -0.4 is 4.74 Å². The van der Waals surface area contributed by atoms with E-state index in [1.54, 1.807) is 24.3 Å². The second-order valence-electron chi connectivity index (χ2n) is 6.33. The van der Waals surface area contributed by atoms with Gasteiger partial charge in [-0.2, -0.15) is 0 Å². The Morgan fingerprint density at radius 3 is 2.63 bits per heavy atom. The van der Waals surface area contributed by atoms with Crippen molar-refractivity contribution >= 4 is 39.1 Å². The average Bonchev–Trinajstić information content (AvgIpc) is 2.66. The first-order chi connectivity index (χ1) is 13.0. The lowest BCUT2D eigenvalue weighted by Crippen LogP contribution is -2.34. The van der Waals surface area contributed by atoms with E-state index < -0.39 is 0 Å². The summed E-state index contributed by atoms with van der Waals surface area (Å²) in [6.07, 6.45) is 2.02. The topological polar surface area (TPSA) is 27.7 Å². The number of alkyl halides is 1. The molecule has 0 bridgehead atoms. The van der Waals surface area contributed by atoms with Gasteiger partial charge in [0.25, 0.3) is 0 Å². The van der Waals surface area contributed by atoms with Crippen LogP contribution in [0.1, 0.15) is 30.9 Å². The summed E-state index contributed by atoms with van der Waals surface area (Å²) in [5, 5.41) is 1.74. The zero-order valence-corrected chi connectivity index (χ0v) is 17.6. The van der Waals surface area contributed by atoms with E-state index in [4.69, 9.17) is 37.4 Å². The molecule has 1 fully saturated rings. The van der Waals surface area contributed by atoms with E-state index in [2.05, 4.69) is 15.9 Å². The van der Waals surface area contributed by atoms with Crippen molar-refractivity contribution in [2.24, 2.45) is 0 Å². The van der Waals surface area contributed by atoms with E-state index in [1.165, 1.54) is 12.1 Å². The first kappa shape index (κ1) is 20.9. The molecule has 1 aliphatic rings. The second-order valence-corrected chi connectivity index (χ2v) is 7.82. The summed E-state index contributed by atoms with van der Waals surface area (Å²) in [7, 11) is 0. The third kappa shape index (κ3) is 6.06. The van der Waals surface area contributed by atoms with E-state index in [9.17, 15) is 4.39 Å². The molecule has 2 aromatic carbocycles. The highest BCUT2D eigenvalue weighted by Gasteiger charge is 2.27. The molecule has 27 heavy (non-hydrogen) atoms. The van der Waals surface area contributed by atoms with E-state index in [-0.39, 0.29) is 24.3 Å². The van der Waals surface area contributed by atoms with Crippen molar-refractivity contribution in [2.75, 3.05) is 11.9 Å². The van der Waals surface area contributed by atoms with Crippen LogP contribution in [0.25, 0.3) is 0 Å². The van der Waals surface area contributed by atoms with Gasteiger partial charge in [0.15, 0.2) is 6.29 Å². The molecule has 0 spiro atoms. The van der Waals surface area contributed by atoms with Gasteiger partial charge in [-0.3, -0.25) is 0 Å². The molecular weight excluding hydrogens is 458 g/mol. The number of ether oxygens (including phenoxy) is 3. The molecule has 0 aliphatic carbocycles.